The molecule has 0 aromatic rings. The second-order valence-electron chi connectivity index (χ2n) is 0. The van der Waals surface area contributed by atoms with Crippen LogP contribution in [0.3, 0.4) is 0 Å². The largest absolute Gasteiger partial charge is 0.412 e. The van der Waals surface area contributed by atoms with Crippen LogP contribution in [0.4, 0.5) is 0 Å². The molecule has 0 bridgehead atoms. The van der Waals surface area contributed by atoms with Crippen LogP contribution < -0.4 is 0 Å². The average Bonchev–Trinajstić information content (AvgIpc) is 0. The summed E-state index contributed by atoms with van der Waals surface area (Å²) in [5, 5.41) is 0. The summed E-state index contributed by atoms with van der Waals surface area (Å²) < 4.78 is 0. The molecule has 40 valence electrons. The van der Waals surface area contributed by atoms with Crippen LogP contribution in [0.1, 0.15) is 0 Å². The zero-order chi connectivity index (χ0) is 0. The molecular weight excluding hydrogens is 367 g/mol. The Morgan fingerprint density at radius 1 is 0.429 bits per heavy atom. The summed E-state index contributed by atoms with van der Waals surface area (Å²) in [5.41, 5.74) is 0. The fourth-order valence-corrected chi connectivity index (χ4v) is 0. The van der Waals surface area contributed by atoms with E-state index in [1.54, 1.807) is 0 Å². The molecule has 0 saturated heterocycles. The van der Waals surface area contributed by atoms with Gasteiger partial charge in [0.15, 0.2) is 0 Å². The molecule has 0 saturated carbocycles. The Kier molecular flexibility index (Phi) is 728. The van der Waals surface area contributed by atoms with Gasteiger partial charge >= 0.3 is 0 Å². The molecule has 0 atom stereocenters. The van der Waals surface area contributed by atoms with E-state index >= 15 is 0 Å². The molecule has 8 N–H and O–H groups in total. The van der Waals surface area contributed by atoms with Crippen LogP contribution in [0, 0.1) is 0 Å². The van der Waals surface area contributed by atoms with Crippen LogP contribution >= 0.6 is 0 Å². The van der Waals surface area contributed by atoms with Gasteiger partial charge in [0.1, 0.15) is 0 Å². The number of hydrogen-bond acceptors (Lipinski definition) is 0. The van der Waals surface area contributed by atoms with Gasteiger partial charge < -0.3 is 21.9 Å². The Morgan fingerprint density at radius 2 is 0.429 bits per heavy atom. The third kappa shape index (κ3) is 46.6. The Hall–Kier alpha value is 3.20. The molecule has 0 amide bonds. The minimum atomic E-state index is 0. The summed E-state index contributed by atoms with van der Waals surface area (Å²) in [6.45, 7) is 0. The molecule has 0 aromatic carbocycles. The predicted octanol–water partition coefficient (Wildman–Crippen LogP) is -4.44. The van der Waals surface area contributed by atoms with Gasteiger partial charge in [-0.25, -0.2) is 0 Å². The summed E-state index contributed by atoms with van der Waals surface area (Å²) in [6, 6.07) is 0. The summed E-state index contributed by atoms with van der Waals surface area (Å²) in [5.74, 6) is 0. The smallest absolute Gasteiger partial charge is 0 e. The first-order valence-electron chi connectivity index (χ1n) is 0. The Labute approximate surface area is 127 Å². The number of hydrogen-bond donors (Lipinski definition) is 0. The Balaban J connectivity index is 0. The van der Waals surface area contributed by atoms with E-state index in [4.69, 9.17) is 0 Å². The first kappa shape index (κ1) is 84.3. The second kappa shape index (κ2) is 60.4. The van der Waals surface area contributed by atoms with E-state index in [9.17, 15) is 0 Å². The minimum absolute atomic E-state index is 0. The summed E-state index contributed by atoms with van der Waals surface area (Å²) in [6.07, 6.45) is 0. The normalized spacial score (nSPS) is 0. The van der Waals surface area contributed by atoms with Crippen molar-refractivity contribution in [3.8, 4) is 0 Å². The molecule has 7 heavy (non-hydrogen) atoms. The van der Waals surface area contributed by atoms with E-state index in [0.717, 1.165) is 0 Å². The van der Waals surface area contributed by atoms with Crippen molar-refractivity contribution in [2.45, 2.75) is 0 Å². The van der Waals surface area contributed by atoms with Crippen LogP contribution in [-0.4, -0.2) is 131 Å². The Bertz CT molecular complexity index is 9.65. The van der Waals surface area contributed by atoms with E-state index in [2.05, 4.69) is 0 Å². The van der Waals surface area contributed by atoms with Gasteiger partial charge in [0.2, 0.25) is 0 Å². The van der Waals surface area contributed by atoms with Crippen molar-refractivity contribution in [2.75, 3.05) is 0 Å². The van der Waals surface area contributed by atoms with Crippen molar-refractivity contribution in [1.29, 1.82) is 0 Å². The Morgan fingerprint density at radius 3 is 0.429 bits per heavy atom. The van der Waals surface area contributed by atoms with E-state index < -0.39 is 0 Å². The molecule has 0 unspecified atom stereocenters. The van der Waals surface area contributed by atoms with E-state index in [0.29, 0.717) is 0 Å². The van der Waals surface area contributed by atoms with Crippen LogP contribution in [0.5, 0.6) is 0 Å². The number of rotatable bonds is 0. The van der Waals surface area contributed by atoms with Gasteiger partial charge in [0.25, 0.3) is 0 Å². The van der Waals surface area contributed by atoms with Crippen molar-refractivity contribution < 1.29 is 21.9 Å². The summed E-state index contributed by atoms with van der Waals surface area (Å²) >= 11 is 0. The van der Waals surface area contributed by atoms with Crippen molar-refractivity contribution in [3.05, 3.63) is 0 Å². The molecule has 0 aliphatic carbocycles. The molecule has 0 spiro atoms. The third-order valence-electron chi connectivity index (χ3n) is 0. The van der Waals surface area contributed by atoms with Crippen molar-refractivity contribution in [3.63, 3.8) is 0 Å². The van der Waals surface area contributed by atoms with Crippen molar-refractivity contribution >= 4 is 109 Å². The molecule has 8 radical (unpaired) electrons. The molecule has 0 aliphatic rings. The molecule has 0 rings (SSSR count). The third-order valence-corrected chi connectivity index (χ3v) is 0. The molecule has 0 fully saturated rings. The first-order valence-corrected chi connectivity index (χ1v) is 0. The standard InChI is InChI=1S/2Ba.4H2O.Si/h;;4*1H2;. The summed E-state index contributed by atoms with van der Waals surface area (Å²) in [4.78, 5) is 0. The van der Waals surface area contributed by atoms with Gasteiger partial charge in [-0.1, -0.05) is 0 Å². The van der Waals surface area contributed by atoms with Crippen LogP contribution in [0.2, 0.25) is 0 Å². The maximum absolute atomic E-state index is 0. The summed E-state index contributed by atoms with van der Waals surface area (Å²) in [7, 11) is 0. The molecule has 7 heteroatoms. The molecular formula is H8Ba2O4Si. The average molecular weight is 375 g/mol. The van der Waals surface area contributed by atoms with Gasteiger partial charge in [-0.15, -0.1) is 0 Å². The quantitative estimate of drug-likeness (QED) is 0.379. The topological polar surface area (TPSA) is 126 Å². The first-order chi connectivity index (χ1) is 0. The van der Waals surface area contributed by atoms with E-state index in [1.807, 2.05) is 0 Å². The van der Waals surface area contributed by atoms with Crippen molar-refractivity contribution in [2.24, 2.45) is 0 Å². The van der Waals surface area contributed by atoms with Crippen LogP contribution in [0.15, 0.2) is 0 Å². The molecule has 0 aromatic heterocycles. The minimum Gasteiger partial charge on any atom is -0.412 e. The monoisotopic (exact) mass is 376 g/mol. The zero-order valence-electron chi connectivity index (χ0n) is 3.91. The fraction of sp³-hybridized carbons (Fsp3) is 0. The van der Waals surface area contributed by atoms with E-state index in [1.165, 1.54) is 0 Å². The van der Waals surface area contributed by atoms with Crippen LogP contribution in [-0.2, 0) is 0 Å². The molecule has 0 heterocycles. The van der Waals surface area contributed by atoms with Gasteiger partial charge in [-0.2, -0.15) is 0 Å². The van der Waals surface area contributed by atoms with Gasteiger partial charge in [0.05, 0.1) is 0 Å². The van der Waals surface area contributed by atoms with Gasteiger partial charge in [-0.3, -0.25) is 0 Å². The SMILES string of the molecule is O.O.O.O.[Ba].[Ba].[Si]. The van der Waals surface area contributed by atoms with E-state index in [-0.39, 0.29) is 131 Å². The van der Waals surface area contributed by atoms with Crippen LogP contribution in [0.25, 0.3) is 0 Å². The van der Waals surface area contributed by atoms with Gasteiger partial charge in [0, 0.05) is 109 Å². The second-order valence-corrected chi connectivity index (χ2v) is 0. The molecule has 4 nitrogen and oxygen atoms in total. The van der Waals surface area contributed by atoms with Crippen molar-refractivity contribution in [1.82, 2.24) is 0 Å². The molecule has 0 aliphatic heterocycles. The van der Waals surface area contributed by atoms with Gasteiger partial charge in [-0.05, 0) is 0 Å². The fourth-order valence-electron chi connectivity index (χ4n) is 0. The zero-order valence-corrected chi connectivity index (χ0v) is 13.8. The maximum atomic E-state index is 0. The predicted molar refractivity (Wildman–Crippen MR) is 31.7 cm³/mol. The maximum Gasteiger partial charge on any atom is 0 e.